The standard InChI is InChI=1S/C23H20ClNO4/c1-3-10-28-17-8-5-15(6-9-17)18-12-21(26)25(20-13-29-23(27)22(18)20)16-7-4-14(2)19(24)11-16/h3-9,11,18H,1,10,12-13H2,2H3/t18-/m0/s1. The number of benzene rings is 2. The summed E-state index contributed by atoms with van der Waals surface area (Å²) in [7, 11) is 0. The third kappa shape index (κ3) is 3.54. The molecule has 0 unspecified atom stereocenters. The molecule has 2 aliphatic heterocycles. The lowest BCUT2D eigenvalue weighted by Gasteiger charge is -2.32. The lowest BCUT2D eigenvalue weighted by Crippen LogP contribution is -2.37. The first kappa shape index (κ1) is 19.3. The van der Waals surface area contributed by atoms with Gasteiger partial charge in [-0.15, -0.1) is 0 Å². The van der Waals surface area contributed by atoms with Crippen LogP contribution in [0.5, 0.6) is 5.75 Å². The molecule has 0 bridgehead atoms. The SMILES string of the molecule is C=CCOc1ccc([C@@H]2CC(=O)N(c3ccc(C)c(Cl)c3)C3=C2C(=O)OC3)cc1. The quantitative estimate of drug-likeness (QED) is 0.537. The number of ether oxygens (including phenoxy) is 2. The zero-order valence-electron chi connectivity index (χ0n) is 16.0. The minimum atomic E-state index is -0.382. The van der Waals surface area contributed by atoms with Crippen molar-refractivity contribution in [1.29, 1.82) is 0 Å². The lowest BCUT2D eigenvalue weighted by atomic mass is 9.84. The fraction of sp³-hybridized carbons (Fsp3) is 0.217. The van der Waals surface area contributed by atoms with E-state index in [2.05, 4.69) is 6.58 Å². The Hall–Kier alpha value is -3.05. The number of rotatable bonds is 5. The number of carbonyl (C=O) groups is 2. The van der Waals surface area contributed by atoms with Gasteiger partial charge >= 0.3 is 5.97 Å². The molecule has 2 aliphatic rings. The largest absolute Gasteiger partial charge is 0.490 e. The summed E-state index contributed by atoms with van der Waals surface area (Å²) in [6, 6.07) is 12.9. The highest BCUT2D eigenvalue weighted by Gasteiger charge is 2.43. The fourth-order valence-corrected chi connectivity index (χ4v) is 3.89. The van der Waals surface area contributed by atoms with Gasteiger partial charge in [0.25, 0.3) is 0 Å². The van der Waals surface area contributed by atoms with E-state index in [-0.39, 0.29) is 30.8 Å². The molecule has 0 saturated carbocycles. The Labute approximate surface area is 174 Å². The molecule has 0 radical (unpaired) electrons. The van der Waals surface area contributed by atoms with Crippen molar-refractivity contribution in [3.63, 3.8) is 0 Å². The van der Waals surface area contributed by atoms with Crippen LogP contribution in [0.2, 0.25) is 5.02 Å². The second-order valence-corrected chi connectivity index (χ2v) is 7.43. The monoisotopic (exact) mass is 409 g/mol. The van der Waals surface area contributed by atoms with Crippen LogP contribution in [0, 0.1) is 6.92 Å². The number of anilines is 1. The highest BCUT2D eigenvalue weighted by molar-refractivity contribution is 6.31. The summed E-state index contributed by atoms with van der Waals surface area (Å²) in [4.78, 5) is 27.2. The molecule has 29 heavy (non-hydrogen) atoms. The van der Waals surface area contributed by atoms with Gasteiger partial charge in [0.1, 0.15) is 19.0 Å². The van der Waals surface area contributed by atoms with E-state index in [4.69, 9.17) is 21.1 Å². The Morgan fingerprint density at radius 1 is 1.24 bits per heavy atom. The van der Waals surface area contributed by atoms with Gasteiger partial charge in [0, 0.05) is 17.4 Å². The van der Waals surface area contributed by atoms with Crippen molar-refractivity contribution in [2.45, 2.75) is 19.3 Å². The van der Waals surface area contributed by atoms with Crippen LogP contribution < -0.4 is 9.64 Å². The molecule has 0 fully saturated rings. The highest BCUT2D eigenvalue weighted by Crippen LogP contribution is 2.42. The average Bonchev–Trinajstić information content (AvgIpc) is 3.10. The molecule has 2 aromatic rings. The summed E-state index contributed by atoms with van der Waals surface area (Å²) in [6.07, 6.45) is 1.84. The van der Waals surface area contributed by atoms with Crippen LogP contribution in [-0.4, -0.2) is 25.1 Å². The maximum atomic E-state index is 13.1. The van der Waals surface area contributed by atoms with Crippen molar-refractivity contribution in [3.8, 4) is 5.75 Å². The van der Waals surface area contributed by atoms with Crippen molar-refractivity contribution >= 4 is 29.2 Å². The van der Waals surface area contributed by atoms with Gasteiger partial charge in [-0.25, -0.2) is 4.79 Å². The second kappa shape index (κ2) is 7.76. The molecular weight excluding hydrogens is 390 g/mol. The van der Waals surface area contributed by atoms with Gasteiger partial charge in [0.15, 0.2) is 0 Å². The van der Waals surface area contributed by atoms with Gasteiger partial charge in [-0.2, -0.15) is 0 Å². The van der Waals surface area contributed by atoms with Crippen LogP contribution in [0.4, 0.5) is 5.69 Å². The topological polar surface area (TPSA) is 55.8 Å². The number of aryl methyl sites for hydroxylation is 1. The van der Waals surface area contributed by atoms with Crippen molar-refractivity contribution in [2.24, 2.45) is 0 Å². The summed E-state index contributed by atoms with van der Waals surface area (Å²) >= 11 is 6.26. The van der Waals surface area contributed by atoms with Crippen molar-refractivity contribution < 1.29 is 19.1 Å². The number of carbonyl (C=O) groups excluding carboxylic acids is 2. The Balaban J connectivity index is 1.72. The average molecular weight is 410 g/mol. The van der Waals surface area contributed by atoms with Gasteiger partial charge < -0.3 is 9.47 Å². The van der Waals surface area contributed by atoms with Crippen LogP contribution in [0.25, 0.3) is 0 Å². The van der Waals surface area contributed by atoms with E-state index < -0.39 is 0 Å². The first-order chi connectivity index (χ1) is 14.0. The van der Waals surface area contributed by atoms with Crippen LogP contribution >= 0.6 is 11.6 Å². The molecule has 0 spiro atoms. The Kier molecular flexibility index (Phi) is 5.16. The maximum absolute atomic E-state index is 13.1. The molecule has 0 N–H and O–H groups in total. The van der Waals surface area contributed by atoms with E-state index in [0.717, 1.165) is 11.1 Å². The number of halogens is 1. The Bertz CT molecular complexity index is 1030. The summed E-state index contributed by atoms with van der Waals surface area (Å²) in [5, 5.41) is 0.569. The molecule has 5 nitrogen and oxygen atoms in total. The number of hydrogen-bond acceptors (Lipinski definition) is 4. The third-order valence-corrected chi connectivity index (χ3v) is 5.59. The molecule has 2 heterocycles. The number of esters is 1. The van der Waals surface area contributed by atoms with E-state index in [0.29, 0.717) is 34.3 Å². The first-order valence-electron chi connectivity index (χ1n) is 9.32. The predicted molar refractivity (Wildman–Crippen MR) is 111 cm³/mol. The second-order valence-electron chi connectivity index (χ2n) is 7.02. The van der Waals surface area contributed by atoms with Crippen LogP contribution in [-0.2, 0) is 14.3 Å². The molecule has 1 atom stereocenters. The van der Waals surface area contributed by atoms with E-state index >= 15 is 0 Å². The number of hydrogen-bond donors (Lipinski definition) is 0. The fourth-order valence-electron chi connectivity index (χ4n) is 3.71. The summed E-state index contributed by atoms with van der Waals surface area (Å²) < 4.78 is 10.8. The highest BCUT2D eigenvalue weighted by atomic mass is 35.5. The molecule has 0 aliphatic carbocycles. The van der Waals surface area contributed by atoms with Gasteiger partial charge in [-0.3, -0.25) is 9.69 Å². The van der Waals surface area contributed by atoms with Crippen molar-refractivity contribution in [2.75, 3.05) is 18.1 Å². The Morgan fingerprint density at radius 3 is 2.69 bits per heavy atom. The molecule has 148 valence electrons. The van der Waals surface area contributed by atoms with E-state index in [1.165, 1.54) is 0 Å². The molecule has 0 saturated heterocycles. The summed E-state index contributed by atoms with van der Waals surface area (Å²) in [5.41, 5.74) is 3.55. The van der Waals surface area contributed by atoms with E-state index in [1.807, 2.05) is 43.3 Å². The number of cyclic esters (lactones) is 1. The smallest absolute Gasteiger partial charge is 0.336 e. The van der Waals surface area contributed by atoms with E-state index in [9.17, 15) is 9.59 Å². The molecule has 6 heteroatoms. The van der Waals surface area contributed by atoms with E-state index in [1.54, 1.807) is 17.0 Å². The summed E-state index contributed by atoms with van der Waals surface area (Å²) in [6.45, 7) is 6.01. The van der Waals surface area contributed by atoms with Gasteiger partial charge in [0.2, 0.25) is 5.91 Å². The van der Waals surface area contributed by atoms with Crippen LogP contribution in [0.1, 0.15) is 23.5 Å². The van der Waals surface area contributed by atoms with Gasteiger partial charge in [-0.05, 0) is 42.3 Å². The zero-order chi connectivity index (χ0) is 20.5. The van der Waals surface area contributed by atoms with Crippen LogP contribution in [0.3, 0.4) is 0 Å². The lowest BCUT2D eigenvalue weighted by molar-refractivity contribution is -0.136. The third-order valence-electron chi connectivity index (χ3n) is 5.18. The minimum Gasteiger partial charge on any atom is -0.490 e. The minimum absolute atomic E-state index is 0.0719. The zero-order valence-corrected chi connectivity index (χ0v) is 16.7. The van der Waals surface area contributed by atoms with Crippen molar-refractivity contribution in [3.05, 3.63) is 82.5 Å². The van der Waals surface area contributed by atoms with Crippen molar-refractivity contribution in [1.82, 2.24) is 0 Å². The number of amides is 1. The predicted octanol–water partition coefficient (Wildman–Crippen LogP) is 4.54. The van der Waals surface area contributed by atoms with Gasteiger partial charge in [-0.1, -0.05) is 42.5 Å². The van der Waals surface area contributed by atoms with Crippen LogP contribution in [0.15, 0.2) is 66.4 Å². The molecule has 2 aromatic carbocycles. The first-order valence-corrected chi connectivity index (χ1v) is 9.70. The molecule has 4 rings (SSSR count). The molecule has 1 amide bonds. The Morgan fingerprint density at radius 2 is 2.00 bits per heavy atom. The number of nitrogens with zero attached hydrogens (tertiary/aromatic N) is 1. The summed E-state index contributed by atoms with van der Waals surface area (Å²) in [5.74, 6) is -0.125. The maximum Gasteiger partial charge on any atom is 0.336 e. The molecule has 0 aromatic heterocycles. The molecular formula is C23H20ClNO4. The van der Waals surface area contributed by atoms with Gasteiger partial charge in [0.05, 0.1) is 17.0 Å². The normalized spacial score (nSPS) is 18.6.